The van der Waals surface area contributed by atoms with Gasteiger partial charge in [-0.05, 0) is 23.9 Å². The topological polar surface area (TPSA) is 41.6 Å². The molecule has 0 aliphatic carbocycles. The van der Waals surface area contributed by atoms with Crippen molar-refractivity contribution < 1.29 is 9.53 Å². The highest BCUT2D eigenvalue weighted by Crippen LogP contribution is 2.22. The highest BCUT2D eigenvalue weighted by Gasteiger charge is 2.23. The number of nitrogens with zero attached hydrogens (tertiary/aromatic N) is 1. The number of amides is 1. The first-order chi connectivity index (χ1) is 11.2. The molecule has 0 saturated carbocycles. The molecule has 1 aliphatic heterocycles. The van der Waals surface area contributed by atoms with E-state index in [1.54, 1.807) is 0 Å². The van der Waals surface area contributed by atoms with Crippen molar-refractivity contribution in [3.63, 3.8) is 0 Å². The van der Waals surface area contributed by atoms with Gasteiger partial charge in [-0.3, -0.25) is 9.69 Å². The largest absolute Gasteiger partial charge is 0.379 e. The lowest BCUT2D eigenvalue weighted by atomic mass is 10.0. The molecule has 0 unspecified atom stereocenters. The Hall–Kier alpha value is -1.69. The highest BCUT2D eigenvalue weighted by atomic mass is 32.1. The normalized spacial score (nSPS) is 16.9. The van der Waals surface area contributed by atoms with Crippen molar-refractivity contribution >= 4 is 17.2 Å². The number of benzene rings is 1. The minimum absolute atomic E-state index is 0.00497. The Labute approximate surface area is 141 Å². The summed E-state index contributed by atoms with van der Waals surface area (Å²) in [6.45, 7) is 6.00. The molecule has 3 rings (SSSR count). The van der Waals surface area contributed by atoms with Gasteiger partial charge in [-0.25, -0.2) is 0 Å². The molecule has 0 spiro atoms. The summed E-state index contributed by atoms with van der Waals surface area (Å²) in [7, 11) is 0. The summed E-state index contributed by atoms with van der Waals surface area (Å²) >= 11 is 1.47. The predicted octanol–water partition coefficient (Wildman–Crippen LogP) is 2.86. The van der Waals surface area contributed by atoms with Gasteiger partial charge in [-0.15, -0.1) is 11.3 Å². The van der Waals surface area contributed by atoms with E-state index in [1.165, 1.54) is 22.5 Å². The van der Waals surface area contributed by atoms with E-state index in [0.29, 0.717) is 6.54 Å². The van der Waals surface area contributed by atoms with Crippen LogP contribution in [0.1, 0.15) is 26.8 Å². The highest BCUT2D eigenvalue weighted by molar-refractivity contribution is 7.12. The molecule has 1 saturated heterocycles. The van der Waals surface area contributed by atoms with Crippen molar-refractivity contribution in [1.29, 1.82) is 0 Å². The van der Waals surface area contributed by atoms with Crippen LogP contribution in [0, 0.1) is 6.92 Å². The maximum absolute atomic E-state index is 12.2. The molecule has 1 fully saturated rings. The summed E-state index contributed by atoms with van der Waals surface area (Å²) in [5.74, 6) is 0.00497. The molecule has 1 aliphatic rings. The lowest BCUT2D eigenvalue weighted by molar-refractivity contribution is 0.0162. The van der Waals surface area contributed by atoms with E-state index in [-0.39, 0.29) is 11.9 Å². The summed E-state index contributed by atoms with van der Waals surface area (Å²) in [5, 5.41) is 5.01. The van der Waals surface area contributed by atoms with E-state index in [9.17, 15) is 4.79 Å². The van der Waals surface area contributed by atoms with Gasteiger partial charge in [0, 0.05) is 19.6 Å². The maximum Gasteiger partial charge on any atom is 0.261 e. The van der Waals surface area contributed by atoms with Crippen LogP contribution < -0.4 is 5.32 Å². The Kier molecular flexibility index (Phi) is 5.43. The first-order valence-electron chi connectivity index (χ1n) is 7.94. The third-order valence-electron chi connectivity index (χ3n) is 4.15. The van der Waals surface area contributed by atoms with Crippen molar-refractivity contribution in [2.45, 2.75) is 13.0 Å². The second kappa shape index (κ2) is 7.73. The number of morpholine rings is 1. The molecule has 1 N–H and O–H groups in total. The predicted molar refractivity (Wildman–Crippen MR) is 93.0 cm³/mol. The number of carbonyl (C=O) groups is 1. The van der Waals surface area contributed by atoms with E-state index >= 15 is 0 Å². The van der Waals surface area contributed by atoms with Crippen molar-refractivity contribution in [2.24, 2.45) is 0 Å². The van der Waals surface area contributed by atoms with Crippen LogP contribution >= 0.6 is 11.3 Å². The molecule has 1 amide bonds. The number of hydrogen-bond acceptors (Lipinski definition) is 4. The monoisotopic (exact) mass is 330 g/mol. The molecule has 2 heterocycles. The SMILES string of the molecule is Cc1ccc([C@@H](CNC(=O)c2cccs2)N2CCOCC2)cc1. The quantitative estimate of drug-likeness (QED) is 0.916. The van der Waals surface area contributed by atoms with Crippen molar-refractivity contribution in [3.05, 3.63) is 57.8 Å². The van der Waals surface area contributed by atoms with Gasteiger partial charge in [-0.2, -0.15) is 0 Å². The number of nitrogens with one attached hydrogen (secondary N) is 1. The zero-order chi connectivity index (χ0) is 16.1. The Bertz CT molecular complexity index is 619. The molecule has 1 atom stereocenters. The van der Waals surface area contributed by atoms with Crippen LogP contribution in [-0.4, -0.2) is 43.7 Å². The van der Waals surface area contributed by atoms with Gasteiger partial charge in [0.2, 0.25) is 0 Å². The standard InChI is InChI=1S/C18H22N2O2S/c1-14-4-6-15(7-5-14)16(20-8-10-22-11-9-20)13-19-18(21)17-3-2-12-23-17/h2-7,12,16H,8-11,13H2,1H3,(H,19,21)/t16-/m1/s1. The fraction of sp³-hybridized carbons (Fsp3) is 0.389. The van der Waals surface area contributed by atoms with Crippen LogP contribution in [0.25, 0.3) is 0 Å². The fourth-order valence-corrected chi connectivity index (χ4v) is 3.46. The number of thiophene rings is 1. The smallest absolute Gasteiger partial charge is 0.261 e. The average molecular weight is 330 g/mol. The van der Waals surface area contributed by atoms with Gasteiger partial charge in [-0.1, -0.05) is 35.9 Å². The Balaban J connectivity index is 1.72. The summed E-state index contributed by atoms with van der Waals surface area (Å²) < 4.78 is 5.46. The van der Waals surface area contributed by atoms with E-state index in [2.05, 4.69) is 41.4 Å². The molecule has 5 heteroatoms. The zero-order valence-electron chi connectivity index (χ0n) is 13.3. The third-order valence-corrected chi connectivity index (χ3v) is 5.02. The molecular weight excluding hydrogens is 308 g/mol. The van der Waals surface area contributed by atoms with Crippen LogP contribution in [0.15, 0.2) is 41.8 Å². The number of hydrogen-bond donors (Lipinski definition) is 1. The molecule has 23 heavy (non-hydrogen) atoms. The summed E-state index contributed by atoms with van der Waals surface area (Å²) in [6.07, 6.45) is 0. The lowest BCUT2D eigenvalue weighted by Gasteiger charge is -2.35. The molecular formula is C18H22N2O2S. The first-order valence-corrected chi connectivity index (χ1v) is 8.82. The van der Waals surface area contributed by atoms with Crippen LogP contribution in [-0.2, 0) is 4.74 Å². The minimum atomic E-state index is 0.00497. The van der Waals surface area contributed by atoms with Crippen LogP contribution in [0.5, 0.6) is 0 Å². The third kappa shape index (κ3) is 4.19. The molecule has 4 nitrogen and oxygen atoms in total. The van der Waals surface area contributed by atoms with Crippen LogP contribution in [0.4, 0.5) is 0 Å². The molecule has 1 aromatic carbocycles. The first kappa shape index (κ1) is 16.2. The second-order valence-electron chi connectivity index (χ2n) is 5.76. The number of carbonyl (C=O) groups excluding carboxylic acids is 1. The van der Waals surface area contributed by atoms with Crippen molar-refractivity contribution in [2.75, 3.05) is 32.8 Å². The van der Waals surface area contributed by atoms with E-state index in [1.807, 2.05) is 17.5 Å². The summed E-state index contributed by atoms with van der Waals surface area (Å²) in [5.41, 5.74) is 2.49. The Morgan fingerprint density at radius 1 is 1.26 bits per heavy atom. The molecule has 122 valence electrons. The van der Waals surface area contributed by atoms with E-state index < -0.39 is 0 Å². The fourth-order valence-electron chi connectivity index (χ4n) is 2.82. The lowest BCUT2D eigenvalue weighted by Crippen LogP contribution is -2.43. The van der Waals surface area contributed by atoms with Gasteiger partial charge < -0.3 is 10.1 Å². The van der Waals surface area contributed by atoms with Crippen LogP contribution in [0.3, 0.4) is 0 Å². The number of ether oxygens (including phenoxy) is 1. The van der Waals surface area contributed by atoms with Gasteiger partial charge in [0.25, 0.3) is 5.91 Å². The molecule has 1 aromatic heterocycles. The maximum atomic E-state index is 12.2. The van der Waals surface area contributed by atoms with Crippen molar-refractivity contribution in [1.82, 2.24) is 10.2 Å². The van der Waals surface area contributed by atoms with Gasteiger partial charge in [0.05, 0.1) is 24.1 Å². The number of aryl methyl sites for hydroxylation is 1. The Morgan fingerprint density at radius 2 is 2.00 bits per heavy atom. The van der Waals surface area contributed by atoms with Gasteiger partial charge in [0.15, 0.2) is 0 Å². The average Bonchev–Trinajstić information content (AvgIpc) is 3.12. The van der Waals surface area contributed by atoms with Gasteiger partial charge >= 0.3 is 0 Å². The van der Waals surface area contributed by atoms with Crippen LogP contribution in [0.2, 0.25) is 0 Å². The molecule has 2 aromatic rings. The summed E-state index contributed by atoms with van der Waals surface area (Å²) in [6, 6.07) is 12.5. The Morgan fingerprint density at radius 3 is 2.65 bits per heavy atom. The molecule has 0 bridgehead atoms. The van der Waals surface area contributed by atoms with Gasteiger partial charge in [0.1, 0.15) is 0 Å². The van der Waals surface area contributed by atoms with Crippen molar-refractivity contribution in [3.8, 4) is 0 Å². The zero-order valence-corrected chi connectivity index (χ0v) is 14.1. The number of rotatable bonds is 5. The second-order valence-corrected chi connectivity index (χ2v) is 6.71. The molecule has 0 radical (unpaired) electrons. The van der Waals surface area contributed by atoms with E-state index in [4.69, 9.17) is 4.74 Å². The minimum Gasteiger partial charge on any atom is -0.379 e. The van der Waals surface area contributed by atoms with E-state index in [0.717, 1.165) is 31.2 Å². The summed E-state index contributed by atoms with van der Waals surface area (Å²) in [4.78, 5) is 15.4.